The summed E-state index contributed by atoms with van der Waals surface area (Å²) >= 11 is 0. The third-order valence-corrected chi connectivity index (χ3v) is 5.38. The highest BCUT2D eigenvalue weighted by Crippen LogP contribution is 2.30. The molecule has 0 aromatic heterocycles. The SMILES string of the molecule is COc1cc(OC)cc([C@@H](Nc2ccc(C(=N)N)cc2)C(=O)NC(C(=O)OC(C)=O)c2ccccc2)c1. The molecule has 0 fully saturated rings. The number of anilines is 1. The van der Waals surface area contributed by atoms with Crippen molar-refractivity contribution in [2.45, 2.75) is 19.0 Å². The van der Waals surface area contributed by atoms with Crippen LogP contribution in [0.2, 0.25) is 0 Å². The van der Waals surface area contributed by atoms with Crippen molar-refractivity contribution < 1.29 is 28.6 Å². The number of nitrogen functional groups attached to an aromatic ring is 1. The average Bonchev–Trinajstić information content (AvgIpc) is 2.90. The molecular weight excluding hydrogens is 476 g/mol. The topological polar surface area (TPSA) is 153 Å². The van der Waals surface area contributed by atoms with Gasteiger partial charge in [0.05, 0.1) is 14.2 Å². The van der Waals surface area contributed by atoms with Crippen molar-refractivity contribution in [1.82, 2.24) is 5.32 Å². The highest BCUT2D eigenvalue weighted by molar-refractivity contribution is 5.96. The summed E-state index contributed by atoms with van der Waals surface area (Å²) in [4.78, 5) is 37.9. The first kappa shape index (κ1) is 26.7. The standard InChI is InChI=1S/C27H28N4O6/c1-16(32)37-27(34)24(17-7-5-4-6-8-17)31-26(33)23(19-13-21(35-2)15-22(14-19)36-3)30-20-11-9-18(10-12-20)25(28)29/h4-15,23-24,30H,1-3H3,(H3,28,29)(H,31,33)/t23-,24?/m1/s1. The maximum atomic E-state index is 13.7. The Morgan fingerprint density at radius 2 is 1.43 bits per heavy atom. The summed E-state index contributed by atoms with van der Waals surface area (Å²) in [6.07, 6.45) is 0. The highest BCUT2D eigenvalue weighted by atomic mass is 16.6. The summed E-state index contributed by atoms with van der Waals surface area (Å²) in [6, 6.07) is 17.8. The maximum absolute atomic E-state index is 13.7. The molecule has 0 spiro atoms. The summed E-state index contributed by atoms with van der Waals surface area (Å²) in [6.45, 7) is 1.11. The van der Waals surface area contributed by atoms with E-state index in [9.17, 15) is 14.4 Å². The number of esters is 2. The molecule has 1 amide bonds. The Bertz CT molecular complexity index is 1260. The van der Waals surface area contributed by atoms with Gasteiger partial charge in [0.25, 0.3) is 0 Å². The molecule has 0 bridgehead atoms. The van der Waals surface area contributed by atoms with Gasteiger partial charge in [-0.15, -0.1) is 0 Å². The Morgan fingerprint density at radius 3 is 1.95 bits per heavy atom. The van der Waals surface area contributed by atoms with E-state index in [4.69, 9.17) is 25.4 Å². The summed E-state index contributed by atoms with van der Waals surface area (Å²) in [5, 5.41) is 13.4. The van der Waals surface area contributed by atoms with E-state index in [-0.39, 0.29) is 5.84 Å². The number of nitrogens with two attached hydrogens (primary N) is 1. The molecule has 0 radical (unpaired) electrons. The molecule has 192 valence electrons. The summed E-state index contributed by atoms with van der Waals surface area (Å²) in [5.74, 6) is -1.47. The van der Waals surface area contributed by atoms with Gasteiger partial charge in [-0.2, -0.15) is 0 Å². The van der Waals surface area contributed by atoms with Crippen LogP contribution in [-0.4, -0.2) is 37.9 Å². The van der Waals surface area contributed by atoms with Gasteiger partial charge in [-0.05, 0) is 47.5 Å². The van der Waals surface area contributed by atoms with Crippen LogP contribution in [-0.2, 0) is 19.1 Å². The van der Waals surface area contributed by atoms with Gasteiger partial charge in [0.2, 0.25) is 5.91 Å². The molecule has 10 heteroatoms. The second kappa shape index (κ2) is 12.2. The largest absolute Gasteiger partial charge is 0.497 e. The predicted octanol–water partition coefficient (Wildman–Crippen LogP) is 3.09. The first-order valence-electron chi connectivity index (χ1n) is 11.2. The van der Waals surface area contributed by atoms with Crippen LogP contribution in [0.25, 0.3) is 0 Å². The van der Waals surface area contributed by atoms with Crippen LogP contribution in [0.3, 0.4) is 0 Å². The lowest BCUT2D eigenvalue weighted by Gasteiger charge is -2.24. The van der Waals surface area contributed by atoms with Crippen LogP contribution in [0, 0.1) is 5.41 Å². The molecule has 0 aliphatic carbocycles. The second-order valence-electron chi connectivity index (χ2n) is 7.98. The van der Waals surface area contributed by atoms with Crippen LogP contribution in [0.4, 0.5) is 5.69 Å². The Balaban J connectivity index is 2.01. The average molecular weight is 505 g/mol. The Hall–Kier alpha value is -4.86. The molecule has 0 saturated carbocycles. The van der Waals surface area contributed by atoms with E-state index in [0.29, 0.717) is 33.9 Å². The van der Waals surface area contributed by atoms with E-state index in [2.05, 4.69) is 10.6 Å². The molecule has 0 aliphatic heterocycles. The lowest BCUT2D eigenvalue weighted by atomic mass is 10.0. The molecule has 37 heavy (non-hydrogen) atoms. The van der Waals surface area contributed by atoms with Crippen molar-refractivity contribution in [1.29, 1.82) is 5.41 Å². The van der Waals surface area contributed by atoms with Crippen LogP contribution in [0.5, 0.6) is 11.5 Å². The molecule has 5 N–H and O–H groups in total. The van der Waals surface area contributed by atoms with Crippen molar-refractivity contribution in [2.75, 3.05) is 19.5 Å². The molecule has 3 aromatic rings. The lowest BCUT2D eigenvalue weighted by molar-refractivity contribution is -0.160. The minimum Gasteiger partial charge on any atom is -0.497 e. The Labute approximate surface area is 214 Å². The van der Waals surface area contributed by atoms with Crippen molar-refractivity contribution in [3.63, 3.8) is 0 Å². The van der Waals surface area contributed by atoms with Gasteiger partial charge in [-0.25, -0.2) is 4.79 Å². The fourth-order valence-corrected chi connectivity index (χ4v) is 3.56. The van der Waals surface area contributed by atoms with E-state index >= 15 is 0 Å². The number of benzene rings is 3. The van der Waals surface area contributed by atoms with E-state index in [1.54, 1.807) is 72.8 Å². The summed E-state index contributed by atoms with van der Waals surface area (Å²) < 4.78 is 15.5. The van der Waals surface area contributed by atoms with Gasteiger partial charge in [-0.3, -0.25) is 15.0 Å². The van der Waals surface area contributed by atoms with E-state index < -0.39 is 29.9 Å². The fourth-order valence-electron chi connectivity index (χ4n) is 3.56. The normalized spacial score (nSPS) is 12.0. The van der Waals surface area contributed by atoms with Crippen molar-refractivity contribution in [2.24, 2.45) is 5.73 Å². The number of ether oxygens (including phenoxy) is 3. The summed E-state index contributed by atoms with van der Waals surface area (Å²) in [7, 11) is 2.98. The molecule has 0 heterocycles. The van der Waals surface area contributed by atoms with Crippen molar-refractivity contribution in [3.8, 4) is 11.5 Å². The number of hydrogen-bond donors (Lipinski definition) is 4. The molecule has 3 rings (SSSR count). The van der Waals surface area contributed by atoms with Gasteiger partial charge >= 0.3 is 11.9 Å². The molecule has 1 unspecified atom stereocenters. The van der Waals surface area contributed by atoms with Gasteiger partial charge < -0.3 is 30.6 Å². The van der Waals surface area contributed by atoms with Crippen molar-refractivity contribution >= 4 is 29.4 Å². The van der Waals surface area contributed by atoms with Crippen LogP contribution in [0.15, 0.2) is 72.8 Å². The Kier molecular flexibility index (Phi) is 8.82. The molecule has 3 aromatic carbocycles. The molecule has 0 aliphatic rings. The second-order valence-corrected chi connectivity index (χ2v) is 7.98. The smallest absolute Gasteiger partial charge is 0.340 e. The third-order valence-electron chi connectivity index (χ3n) is 5.38. The number of amides is 1. The Morgan fingerprint density at radius 1 is 0.838 bits per heavy atom. The van der Waals surface area contributed by atoms with Gasteiger partial charge in [-0.1, -0.05) is 30.3 Å². The minimum atomic E-state index is -1.24. The number of amidine groups is 1. The van der Waals surface area contributed by atoms with Crippen LogP contribution >= 0.6 is 0 Å². The first-order chi connectivity index (χ1) is 17.7. The zero-order chi connectivity index (χ0) is 26.9. The number of nitrogens with one attached hydrogen (secondary N) is 3. The number of carbonyl (C=O) groups excluding carboxylic acids is 3. The lowest BCUT2D eigenvalue weighted by Crippen LogP contribution is -2.40. The monoisotopic (exact) mass is 504 g/mol. The highest BCUT2D eigenvalue weighted by Gasteiger charge is 2.30. The number of carbonyl (C=O) groups is 3. The van der Waals surface area contributed by atoms with E-state index in [1.807, 2.05) is 0 Å². The van der Waals surface area contributed by atoms with E-state index in [1.165, 1.54) is 14.2 Å². The van der Waals surface area contributed by atoms with Crippen LogP contribution < -0.4 is 25.8 Å². The van der Waals surface area contributed by atoms with Gasteiger partial charge in [0.1, 0.15) is 23.4 Å². The first-order valence-corrected chi connectivity index (χ1v) is 11.2. The van der Waals surface area contributed by atoms with Crippen molar-refractivity contribution in [3.05, 3.63) is 89.5 Å². The fraction of sp³-hybridized carbons (Fsp3) is 0.185. The number of rotatable bonds is 10. The van der Waals surface area contributed by atoms with Crippen LogP contribution in [0.1, 0.15) is 35.7 Å². The van der Waals surface area contributed by atoms with Gasteiger partial charge in [0, 0.05) is 24.2 Å². The number of methoxy groups -OCH3 is 2. The number of hydrogen-bond acceptors (Lipinski definition) is 8. The van der Waals surface area contributed by atoms with Gasteiger partial charge in [0.15, 0.2) is 6.04 Å². The summed E-state index contributed by atoms with van der Waals surface area (Å²) in [5.41, 5.74) is 7.54. The molecule has 2 atom stereocenters. The zero-order valence-corrected chi connectivity index (χ0v) is 20.6. The quantitative estimate of drug-likeness (QED) is 0.142. The maximum Gasteiger partial charge on any atom is 0.340 e. The predicted molar refractivity (Wildman–Crippen MR) is 137 cm³/mol. The molecule has 0 saturated heterocycles. The molecule has 10 nitrogen and oxygen atoms in total. The minimum absolute atomic E-state index is 0.0898. The van der Waals surface area contributed by atoms with E-state index in [0.717, 1.165) is 6.92 Å². The zero-order valence-electron chi connectivity index (χ0n) is 20.6. The molecular formula is C27H28N4O6. The third kappa shape index (κ3) is 7.07.